The minimum atomic E-state index is 0.298. The molecule has 0 aliphatic carbocycles. The third-order valence-electron chi connectivity index (χ3n) is 3.73. The fourth-order valence-corrected chi connectivity index (χ4v) is 3.61. The quantitative estimate of drug-likeness (QED) is 0.905. The lowest BCUT2D eigenvalue weighted by Gasteiger charge is -2.30. The zero-order chi connectivity index (χ0) is 13.2. The Hall–Kier alpha value is -0.520. The van der Waals surface area contributed by atoms with Gasteiger partial charge in [-0.3, -0.25) is 4.90 Å². The number of thioether (sulfide) groups is 1. The summed E-state index contributed by atoms with van der Waals surface area (Å²) in [6, 6.07) is 0.298. The van der Waals surface area contributed by atoms with E-state index in [0.29, 0.717) is 17.3 Å². The molecule has 1 atom stereocenters. The maximum atomic E-state index is 5.99. The fraction of sp³-hybridized carbons (Fsp3) is 0.769. The molecule has 2 heterocycles. The first-order chi connectivity index (χ1) is 8.53. The van der Waals surface area contributed by atoms with Crippen LogP contribution in [0.3, 0.4) is 0 Å². The van der Waals surface area contributed by atoms with Gasteiger partial charge in [0.05, 0.1) is 18.1 Å². The maximum absolute atomic E-state index is 5.99. The third-order valence-corrected chi connectivity index (χ3v) is 5.10. The number of nitrogens with zero attached hydrogens (tertiary/aromatic N) is 3. The number of aromatic nitrogens is 2. The molecule has 102 valence electrons. The summed E-state index contributed by atoms with van der Waals surface area (Å²) in [6.07, 6.45) is 5.02. The molecule has 1 aromatic heterocycles. The molecule has 0 radical (unpaired) electrons. The first-order valence-corrected chi connectivity index (χ1v) is 7.56. The molecule has 0 amide bonds. The number of imidazole rings is 1. The van der Waals surface area contributed by atoms with Crippen LogP contribution in [0, 0.1) is 0 Å². The summed E-state index contributed by atoms with van der Waals surface area (Å²) in [5.74, 6) is 1.18. The molecular weight excluding hydrogens is 244 g/mol. The van der Waals surface area contributed by atoms with Crippen LogP contribution >= 0.6 is 11.8 Å². The van der Waals surface area contributed by atoms with Gasteiger partial charge >= 0.3 is 0 Å². The Morgan fingerprint density at radius 3 is 2.89 bits per heavy atom. The van der Waals surface area contributed by atoms with Crippen LogP contribution in [0.2, 0.25) is 0 Å². The third kappa shape index (κ3) is 3.08. The van der Waals surface area contributed by atoms with Gasteiger partial charge in [-0.2, -0.15) is 11.8 Å². The molecule has 1 unspecified atom stereocenters. The Labute approximate surface area is 114 Å². The first kappa shape index (κ1) is 13.9. The van der Waals surface area contributed by atoms with Crippen LogP contribution in [0.15, 0.2) is 12.5 Å². The number of nitrogens with two attached hydrogens (primary N) is 1. The van der Waals surface area contributed by atoms with E-state index in [1.807, 2.05) is 19.6 Å². The molecule has 0 aromatic carbocycles. The smallest absolute Gasteiger partial charge is 0.0946 e. The van der Waals surface area contributed by atoms with Crippen molar-refractivity contribution in [3.63, 3.8) is 0 Å². The second-order valence-corrected chi connectivity index (χ2v) is 7.38. The van der Waals surface area contributed by atoms with Crippen molar-refractivity contribution in [1.29, 1.82) is 0 Å². The summed E-state index contributed by atoms with van der Waals surface area (Å²) in [5, 5.41) is 0. The van der Waals surface area contributed by atoms with Crippen molar-refractivity contribution in [2.75, 3.05) is 25.4 Å². The summed E-state index contributed by atoms with van der Waals surface area (Å²) in [6.45, 7) is 7.56. The minimum absolute atomic E-state index is 0.298. The fourth-order valence-electron chi connectivity index (χ4n) is 2.49. The van der Waals surface area contributed by atoms with Crippen LogP contribution in [0.4, 0.5) is 0 Å². The largest absolute Gasteiger partial charge is 0.336 e. The van der Waals surface area contributed by atoms with E-state index in [4.69, 9.17) is 5.73 Å². The Kier molecular flexibility index (Phi) is 4.35. The van der Waals surface area contributed by atoms with Crippen molar-refractivity contribution in [1.82, 2.24) is 14.5 Å². The molecule has 0 saturated carbocycles. The van der Waals surface area contributed by atoms with E-state index in [2.05, 4.69) is 40.1 Å². The molecule has 5 heteroatoms. The van der Waals surface area contributed by atoms with E-state index < -0.39 is 0 Å². The van der Waals surface area contributed by atoms with Crippen LogP contribution < -0.4 is 5.73 Å². The maximum Gasteiger partial charge on any atom is 0.0946 e. The van der Waals surface area contributed by atoms with Gasteiger partial charge in [-0.05, 0) is 6.42 Å². The van der Waals surface area contributed by atoms with E-state index >= 15 is 0 Å². The number of hydrogen-bond donors (Lipinski definition) is 1. The highest BCUT2D eigenvalue weighted by Gasteiger charge is 2.28. The lowest BCUT2D eigenvalue weighted by atomic mass is 10.1. The van der Waals surface area contributed by atoms with Gasteiger partial charge in [0.1, 0.15) is 0 Å². The molecule has 1 saturated heterocycles. The molecule has 1 aliphatic heterocycles. The lowest BCUT2D eigenvalue weighted by Crippen LogP contribution is -2.36. The zero-order valence-electron chi connectivity index (χ0n) is 11.6. The molecule has 2 rings (SSSR count). The van der Waals surface area contributed by atoms with Crippen LogP contribution in [0.1, 0.15) is 32.0 Å². The van der Waals surface area contributed by atoms with Crippen molar-refractivity contribution >= 4 is 11.8 Å². The zero-order valence-corrected chi connectivity index (χ0v) is 12.4. The molecule has 1 aliphatic rings. The summed E-state index contributed by atoms with van der Waals surface area (Å²) < 4.78 is 2.47. The number of rotatable bonds is 3. The average Bonchev–Trinajstić information content (AvgIpc) is 2.64. The highest BCUT2D eigenvalue weighted by Crippen LogP contribution is 2.33. The highest BCUT2D eigenvalue weighted by atomic mass is 32.2. The Morgan fingerprint density at radius 2 is 2.28 bits per heavy atom. The number of hydrogen-bond acceptors (Lipinski definition) is 4. The van der Waals surface area contributed by atoms with E-state index in [1.165, 1.54) is 17.9 Å². The van der Waals surface area contributed by atoms with Crippen molar-refractivity contribution in [2.24, 2.45) is 12.8 Å². The highest BCUT2D eigenvalue weighted by molar-refractivity contribution is 8.00. The first-order valence-electron chi connectivity index (χ1n) is 6.58. The molecule has 4 nitrogen and oxygen atoms in total. The van der Waals surface area contributed by atoms with Gasteiger partial charge in [-0.15, -0.1) is 0 Å². The summed E-state index contributed by atoms with van der Waals surface area (Å²) >= 11 is 2.07. The van der Waals surface area contributed by atoms with E-state index in [-0.39, 0.29) is 0 Å². The predicted octanol–water partition coefficient (Wildman–Crippen LogP) is 1.64. The lowest BCUT2D eigenvalue weighted by molar-refractivity contribution is 0.204. The van der Waals surface area contributed by atoms with E-state index in [1.54, 1.807) is 0 Å². The number of aryl methyl sites for hydroxylation is 1. The molecule has 2 N–H and O–H groups in total. The summed E-state index contributed by atoms with van der Waals surface area (Å²) in [4.78, 5) is 6.73. The second-order valence-electron chi connectivity index (χ2n) is 5.58. The Morgan fingerprint density at radius 1 is 1.50 bits per heavy atom. The van der Waals surface area contributed by atoms with E-state index in [0.717, 1.165) is 13.1 Å². The van der Waals surface area contributed by atoms with Gasteiger partial charge in [0.15, 0.2) is 0 Å². The van der Waals surface area contributed by atoms with Crippen LogP contribution in [0.5, 0.6) is 0 Å². The van der Waals surface area contributed by atoms with E-state index in [9.17, 15) is 0 Å². The topological polar surface area (TPSA) is 47.1 Å². The molecule has 1 fully saturated rings. The average molecular weight is 268 g/mol. The molecular formula is C13H24N4S. The van der Waals surface area contributed by atoms with Crippen molar-refractivity contribution in [3.8, 4) is 0 Å². The molecule has 1 aromatic rings. The summed E-state index contributed by atoms with van der Waals surface area (Å²) in [7, 11) is 2.04. The van der Waals surface area contributed by atoms with Crippen molar-refractivity contribution < 1.29 is 0 Å². The van der Waals surface area contributed by atoms with Gasteiger partial charge in [0.25, 0.3) is 0 Å². The van der Waals surface area contributed by atoms with Crippen molar-refractivity contribution in [3.05, 3.63) is 18.2 Å². The Bertz CT molecular complexity index is 388. The second kappa shape index (κ2) is 5.63. The van der Waals surface area contributed by atoms with Gasteiger partial charge in [0, 0.05) is 43.4 Å². The minimum Gasteiger partial charge on any atom is -0.336 e. The predicted molar refractivity (Wildman–Crippen MR) is 77.7 cm³/mol. The normalized spacial score (nSPS) is 22.7. The van der Waals surface area contributed by atoms with Gasteiger partial charge < -0.3 is 10.3 Å². The summed E-state index contributed by atoms with van der Waals surface area (Å²) in [5.41, 5.74) is 7.22. The SMILES string of the molecule is Cn1cncc1C(CN)N1CCSC(C)(C)CC1. The Balaban J connectivity index is 2.11. The molecule has 18 heavy (non-hydrogen) atoms. The standard InChI is InChI=1S/C13H24N4S/c1-13(2)4-5-17(6-7-18-13)11(8-14)12-9-15-10-16(12)3/h9-11H,4-8,14H2,1-3H3. The van der Waals surface area contributed by atoms with Crippen LogP contribution in [-0.4, -0.2) is 44.6 Å². The van der Waals surface area contributed by atoms with Gasteiger partial charge in [-0.1, -0.05) is 13.8 Å². The monoisotopic (exact) mass is 268 g/mol. The van der Waals surface area contributed by atoms with Crippen LogP contribution in [0.25, 0.3) is 0 Å². The molecule has 0 bridgehead atoms. The van der Waals surface area contributed by atoms with Crippen LogP contribution in [-0.2, 0) is 7.05 Å². The van der Waals surface area contributed by atoms with Gasteiger partial charge in [-0.25, -0.2) is 4.98 Å². The molecule has 0 spiro atoms. The van der Waals surface area contributed by atoms with Gasteiger partial charge in [0.2, 0.25) is 0 Å². The van der Waals surface area contributed by atoms with Crippen molar-refractivity contribution in [2.45, 2.75) is 31.1 Å².